The predicted octanol–water partition coefficient (Wildman–Crippen LogP) is 5.76. The number of rotatable bonds is 4. The number of allylic oxidation sites excluding steroid dienone is 2. The van der Waals surface area contributed by atoms with Crippen LogP contribution in [0.25, 0.3) is 0 Å². The molecule has 0 spiro atoms. The molecule has 158 valence electrons. The fourth-order valence-electron chi connectivity index (χ4n) is 4.66. The molecule has 2 N–H and O–H groups in total. The van der Waals surface area contributed by atoms with Crippen LogP contribution in [-0.4, -0.2) is 8.42 Å². The Kier molecular flexibility index (Phi) is 4.82. The quantitative estimate of drug-likeness (QED) is 0.513. The van der Waals surface area contributed by atoms with E-state index in [1.807, 2.05) is 37.3 Å². The molecule has 0 radical (unpaired) electrons. The zero-order valence-corrected chi connectivity index (χ0v) is 17.9. The second kappa shape index (κ2) is 7.54. The van der Waals surface area contributed by atoms with Gasteiger partial charge in [-0.2, -0.15) is 0 Å². The Morgan fingerprint density at radius 1 is 1.03 bits per heavy atom. The van der Waals surface area contributed by atoms with Gasteiger partial charge in [-0.1, -0.05) is 36.4 Å². The summed E-state index contributed by atoms with van der Waals surface area (Å²) in [5, 5.41) is 3.56. The van der Waals surface area contributed by atoms with E-state index in [0.29, 0.717) is 5.69 Å². The zero-order chi connectivity index (χ0) is 21.6. The van der Waals surface area contributed by atoms with E-state index in [1.165, 1.54) is 12.1 Å². The van der Waals surface area contributed by atoms with E-state index in [1.54, 1.807) is 24.3 Å². The molecule has 4 nitrogen and oxygen atoms in total. The number of hydrogen-bond donors (Lipinski definition) is 2. The highest BCUT2D eigenvalue weighted by atomic mass is 32.2. The van der Waals surface area contributed by atoms with E-state index >= 15 is 0 Å². The van der Waals surface area contributed by atoms with Crippen molar-refractivity contribution in [3.63, 3.8) is 0 Å². The molecule has 2 aliphatic rings. The summed E-state index contributed by atoms with van der Waals surface area (Å²) in [7, 11) is -3.71. The third-order valence-corrected chi connectivity index (χ3v) is 7.52. The fraction of sp³-hybridized carbons (Fsp3) is 0.200. The SMILES string of the molecule is Cc1cccc(NS(=O)(=O)c2ccc3c(c2)[C@H]2C=CC[C@H]2[C@@H](c2ccc(F)cc2)N3)c1. The summed E-state index contributed by atoms with van der Waals surface area (Å²) in [6.45, 7) is 1.92. The molecular weight excluding hydrogens is 411 g/mol. The van der Waals surface area contributed by atoms with Crippen molar-refractivity contribution >= 4 is 21.4 Å². The molecule has 0 saturated heterocycles. The normalized spacial score (nSPS) is 21.8. The van der Waals surface area contributed by atoms with Crippen LogP contribution >= 0.6 is 0 Å². The number of sulfonamides is 1. The molecule has 0 saturated carbocycles. The fourth-order valence-corrected chi connectivity index (χ4v) is 5.75. The average molecular weight is 435 g/mol. The van der Waals surface area contributed by atoms with Gasteiger partial charge < -0.3 is 5.32 Å². The number of fused-ring (bicyclic) bond motifs is 3. The number of aryl methyl sites for hydroxylation is 1. The van der Waals surface area contributed by atoms with Crippen molar-refractivity contribution in [1.29, 1.82) is 0 Å². The molecule has 5 rings (SSSR count). The molecule has 3 aromatic carbocycles. The molecule has 0 bridgehead atoms. The van der Waals surface area contributed by atoms with Crippen LogP contribution in [0.1, 0.15) is 35.1 Å². The highest BCUT2D eigenvalue weighted by molar-refractivity contribution is 7.92. The molecule has 1 heterocycles. The summed E-state index contributed by atoms with van der Waals surface area (Å²) in [4.78, 5) is 0.244. The molecule has 3 aromatic rings. The molecule has 0 fully saturated rings. The average Bonchev–Trinajstić information content (AvgIpc) is 3.23. The monoisotopic (exact) mass is 434 g/mol. The first-order valence-corrected chi connectivity index (χ1v) is 11.8. The first-order valence-electron chi connectivity index (χ1n) is 10.3. The van der Waals surface area contributed by atoms with Crippen molar-refractivity contribution in [2.45, 2.75) is 30.2 Å². The predicted molar refractivity (Wildman–Crippen MR) is 121 cm³/mol. The van der Waals surface area contributed by atoms with Crippen LogP contribution in [0, 0.1) is 18.7 Å². The van der Waals surface area contributed by atoms with E-state index in [0.717, 1.165) is 28.8 Å². The van der Waals surface area contributed by atoms with Crippen LogP contribution in [0.4, 0.5) is 15.8 Å². The topological polar surface area (TPSA) is 58.2 Å². The number of hydrogen-bond acceptors (Lipinski definition) is 3. The van der Waals surface area contributed by atoms with Gasteiger partial charge >= 0.3 is 0 Å². The second-order valence-corrected chi connectivity index (χ2v) is 9.93. The second-order valence-electron chi connectivity index (χ2n) is 8.25. The third-order valence-electron chi connectivity index (χ3n) is 6.14. The van der Waals surface area contributed by atoms with Crippen molar-refractivity contribution in [3.8, 4) is 0 Å². The largest absolute Gasteiger partial charge is 0.378 e. The number of nitrogens with one attached hydrogen (secondary N) is 2. The van der Waals surface area contributed by atoms with Crippen LogP contribution in [0.15, 0.2) is 83.8 Å². The van der Waals surface area contributed by atoms with E-state index < -0.39 is 10.0 Å². The molecule has 31 heavy (non-hydrogen) atoms. The van der Waals surface area contributed by atoms with Gasteiger partial charge in [-0.15, -0.1) is 0 Å². The Morgan fingerprint density at radius 3 is 2.61 bits per heavy atom. The Balaban J connectivity index is 1.49. The van der Waals surface area contributed by atoms with Crippen LogP contribution in [0.5, 0.6) is 0 Å². The Hall–Kier alpha value is -3.12. The summed E-state index contributed by atoms with van der Waals surface area (Å²) < 4.78 is 42.1. The summed E-state index contributed by atoms with van der Waals surface area (Å²) >= 11 is 0. The summed E-state index contributed by atoms with van der Waals surface area (Å²) in [6.07, 6.45) is 5.19. The smallest absolute Gasteiger partial charge is 0.261 e. The van der Waals surface area contributed by atoms with E-state index in [4.69, 9.17) is 0 Å². The van der Waals surface area contributed by atoms with Crippen molar-refractivity contribution in [1.82, 2.24) is 0 Å². The molecule has 1 aliphatic carbocycles. The first-order chi connectivity index (χ1) is 14.9. The Bertz CT molecular complexity index is 1270. The van der Waals surface area contributed by atoms with E-state index in [2.05, 4.69) is 22.2 Å². The Labute approximate surface area is 181 Å². The molecule has 0 aromatic heterocycles. The summed E-state index contributed by atoms with van der Waals surface area (Å²) in [5.41, 5.74) is 4.45. The maximum Gasteiger partial charge on any atom is 0.261 e. The van der Waals surface area contributed by atoms with E-state index in [9.17, 15) is 12.8 Å². The molecule has 0 amide bonds. The van der Waals surface area contributed by atoms with Gasteiger partial charge in [0.1, 0.15) is 5.82 Å². The standard InChI is InChI=1S/C25H23FN2O2S/c1-16-4-2-5-19(14-16)28-31(29,30)20-12-13-24-23(15-20)21-6-3-7-22(21)25(27-24)17-8-10-18(26)11-9-17/h2-6,8-15,21-22,25,27-28H,7H2,1H3/t21-,22+,25+/m0/s1. The maximum atomic E-state index is 13.4. The van der Waals surface area contributed by atoms with Crippen molar-refractivity contribution in [2.24, 2.45) is 5.92 Å². The van der Waals surface area contributed by atoms with Crippen molar-refractivity contribution in [2.75, 3.05) is 10.0 Å². The molecule has 3 atom stereocenters. The van der Waals surface area contributed by atoms with Gasteiger partial charge in [0.2, 0.25) is 0 Å². The van der Waals surface area contributed by atoms with Gasteiger partial charge in [-0.25, -0.2) is 12.8 Å². The van der Waals surface area contributed by atoms with Crippen LogP contribution < -0.4 is 10.0 Å². The summed E-state index contributed by atoms with van der Waals surface area (Å²) in [6, 6.07) is 19.2. The lowest BCUT2D eigenvalue weighted by molar-refractivity contribution is 0.424. The van der Waals surface area contributed by atoms with Gasteiger partial charge in [0.25, 0.3) is 10.0 Å². The number of benzene rings is 3. The molecule has 6 heteroatoms. The number of halogens is 1. The van der Waals surface area contributed by atoms with Crippen LogP contribution in [0.3, 0.4) is 0 Å². The minimum Gasteiger partial charge on any atom is -0.378 e. The summed E-state index contributed by atoms with van der Waals surface area (Å²) in [5.74, 6) is 0.109. The van der Waals surface area contributed by atoms with Gasteiger partial charge in [-0.05, 0) is 78.4 Å². The van der Waals surface area contributed by atoms with Gasteiger partial charge in [0.15, 0.2) is 0 Å². The van der Waals surface area contributed by atoms with Crippen molar-refractivity contribution < 1.29 is 12.8 Å². The highest BCUT2D eigenvalue weighted by Gasteiger charge is 2.38. The van der Waals surface area contributed by atoms with Crippen LogP contribution in [0.2, 0.25) is 0 Å². The van der Waals surface area contributed by atoms with Crippen molar-refractivity contribution in [3.05, 3.63) is 101 Å². The lowest BCUT2D eigenvalue weighted by Gasteiger charge is -2.37. The lowest BCUT2D eigenvalue weighted by Crippen LogP contribution is -2.29. The van der Waals surface area contributed by atoms with Gasteiger partial charge in [0, 0.05) is 17.3 Å². The Morgan fingerprint density at radius 2 is 1.84 bits per heavy atom. The first kappa shape index (κ1) is 19.8. The maximum absolute atomic E-state index is 13.4. The van der Waals surface area contributed by atoms with Crippen LogP contribution in [-0.2, 0) is 10.0 Å². The van der Waals surface area contributed by atoms with Gasteiger partial charge in [-0.3, -0.25) is 4.72 Å². The molecule has 0 unspecified atom stereocenters. The zero-order valence-electron chi connectivity index (χ0n) is 17.0. The molecular formula is C25H23FN2O2S. The van der Waals surface area contributed by atoms with Gasteiger partial charge in [0.05, 0.1) is 10.9 Å². The number of anilines is 2. The molecule has 1 aliphatic heterocycles. The lowest BCUT2D eigenvalue weighted by atomic mass is 9.77. The third kappa shape index (κ3) is 3.72. The minimum atomic E-state index is -3.71. The van der Waals surface area contributed by atoms with E-state index in [-0.39, 0.29) is 28.6 Å². The minimum absolute atomic E-state index is 0.0426. The highest BCUT2D eigenvalue weighted by Crippen LogP contribution is 2.50.